The lowest BCUT2D eigenvalue weighted by molar-refractivity contribution is -0.114. The highest BCUT2D eigenvalue weighted by Crippen LogP contribution is 2.31. The number of pyridine rings is 1. The number of carbonyl (C=O) groups excluding carboxylic acids is 2. The molecule has 0 bridgehead atoms. The molecule has 0 unspecified atom stereocenters. The molecule has 0 saturated carbocycles. The summed E-state index contributed by atoms with van der Waals surface area (Å²) in [7, 11) is 1.31. The van der Waals surface area contributed by atoms with E-state index < -0.39 is 6.09 Å². The summed E-state index contributed by atoms with van der Waals surface area (Å²) in [6.07, 6.45) is 1.20. The molecule has 0 fully saturated rings. The Hall–Kier alpha value is -3.00. The number of aromatic nitrogens is 2. The highest BCUT2D eigenvalue weighted by molar-refractivity contribution is 7.22. The van der Waals surface area contributed by atoms with E-state index >= 15 is 0 Å². The van der Waals surface area contributed by atoms with Crippen molar-refractivity contribution >= 4 is 44.4 Å². The Balaban J connectivity index is 1.96. The molecule has 2 amide bonds. The van der Waals surface area contributed by atoms with Crippen molar-refractivity contribution in [1.29, 1.82) is 0 Å². The van der Waals surface area contributed by atoms with Crippen LogP contribution in [0.5, 0.6) is 0 Å². The zero-order valence-corrected chi connectivity index (χ0v) is 14.7. The lowest BCUT2D eigenvalue weighted by atomic mass is 10.1. The molecule has 0 spiro atoms. The number of thiazole rings is 1. The molecule has 0 atom stereocenters. The van der Waals surface area contributed by atoms with Crippen LogP contribution in [-0.2, 0) is 9.53 Å². The summed E-state index contributed by atoms with van der Waals surface area (Å²) in [5, 5.41) is 5.91. The number of nitrogens with zero attached hydrogens (tertiary/aromatic N) is 2. The average molecular weight is 356 g/mol. The van der Waals surface area contributed by atoms with Gasteiger partial charge in [0.1, 0.15) is 0 Å². The van der Waals surface area contributed by atoms with E-state index in [4.69, 9.17) is 0 Å². The SMILES string of the molecule is COC(=O)Nc1cc(-c2ccc3nc(NC(C)=O)sc3c2)cnc1C. The van der Waals surface area contributed by atoms with Gasteiger partial charge < -0.3 is 10.1 Å². The number of nitrogens with one attached hydrogen (secondary N) is 2. The van der Waals surface area contributed by atoms with Gasteiger partial charge in [-0.25, -0.2) is 9.78 Å². The number of benzene rings is 1. The summed E-state index contributed by atoms with van der Waals surface area (Å²) in [5.74, 6) is -0.152. The largest absolute Gasteiger partial charge is 0.453 e. The maximum absolute atomic E-state index is 11.4. The van der Waals surface area contributed by atoms with Crippen molar-refractivity contribution in [2.75, 3.05) is 17.7 Å². The Morgan fingerprint density at radius 3 is 2.68 bits per heavy atom. The fourth-order valence-corrected chi connectivity index (χ4v) is 3.24. The molecule has 128 valence electrons. The Labute approximate surface area is 148 Å². The highest BCUT2D eigenvalue weighted by atomic mass is 32.1. The molecule has 0 saturated heterocycles. The van der Waals surface area contributed by atoms with E-state index in [9.17, 15) is 9.59 Å². The molecule has 7 nitrogen and oxygen atoms in total. The first-order valence-corrected chi connectivity index (χ1v) is 8.28. The Bertz CT molecular complexity index is 968. The van der Waals surface area contributed by atoms with E-state index in [0.717, 1.165) is 21.3 Å². The van der Waals surface area contributed by atoms with Gasteiger partial charge in [0.2, 0.25) is 5.91 Å². The summed E-state index contributed by atoms with van der Waals surface area (Å²) in [5.41, 5.74) is 3.89. The second-order valence-electron chi connectivity index (χ2n) is 5.36. The fourth-order valence-electron chi connectivity index (χ4n) is 2.29. The number of methoxy groups -OCH3 is 1. The minimum atomic E-state index is -0.542. The van der Waals surface area contributed by atoms with Crippen LogP contribution in [0.2, 0.25) is 0 Å². The van der Waals surface area contributed by atoms with Gasteiger partial charge in [0, 0.05) is 18.7 Å². The van der Waals surface area contributed by atoms with Crippen LogP contribution in [0, 0.1) is 6.92 Å². The number of aryl methyl sites for hydroxylation is 1. The van der Waals surface area contributed by atoms with Gasteiger partial charge in [-0.3, -0.25) is 15.1 Å². The summed E-state index contributed by atoms with van der Waals surface area (Å²) >= 11 is 1.40. The number of amides is 2. The topological polar surface area (TPSA) is 93.2 Å². The summed E-state index contributed by atoms with van der Waals surface area (Å²) in [6.45, 7) is 3.26. The minimum absolute atomic E-state index is 0.152. The molecule has 8 heteroatoms. The molecule has 2 aromatic heterocycles. The first kappa shape index (κ1) is 16.8. The van der Waals surface area contributed by atoms with Gasteiger partial charge in [-0.2, -0.15) is 0 Å². The third-order valence-corrected chi connectivity index (χ3v) is 4.45. The predicted molar refractivity (Wildman–Crippen MR) is 97.9 cm³/mol. The number of hydrogen-bond acceptors (Lipinski definition) is 6. The van der Waals surface area contributed by atoms with E-state index in [2.05, 4.69) is 25.3 Å². The maximum atomic E-state index is 11.4. The summed E-state index contributed by atoms with van der Waals surface area (Å²) in [4.78, 5) is 31.3. The lowest BCUT2D eigenvalue weighted by Crippen LogP contribution is -2.12. The summed E-state index contributed by atoms with van der Waals surface area (Å²) < 4.78 is 5.58. The van der Waals surface area contributed by atoms with Crippen LogP contribution in [0.3, 0.4) is 0 Å². The normalized spacial score (nSPS) is 10.5. The van der Waals surface area contributed by atoms with Crippen LogP contribution in [0.1, 0.15) is 12.6 Å². The molecule has 0 aliphatic rings. The number of ether oxygens (including phenoxy) is 1. The second-order valence-corrected chi connectivity index (χ2v) is 6.39. The van der Waals surface area contributed by atoms with Crippen molar-refractivity contribution in [3.8, 4) is 11.1 Å². The first-order valence-electron chi connectivity index (χ1n) is 7.46. The molecule has 0 aliphatic heterocycles. The molecule has 1 aromatic carbocycles. The van der Waals surface area contributed by atoms with Gasteiger partial charge in [0.25, 0.3) is 0 Å². The number of hydrogen-bond donors (Lipinski definition) is 2. The Kier molecular flexibility index (Phi) is 4.62. The Morgan fingerprint density at radius 1 is 1.16 bits per heavy atom. The van der Waals surface area contributed by atoms with E-state index in [1.807, 2.05) is 24.3 Å². The van der Waals surface area contributed by atoms with E-state index in [1.165, 1.54) is 25.4 Å². The van der Waals surface area contributed by atoms with E-state index in [0.29, 0.717) is 16.5 Å². The molecule has 0 radical (unpaired) electrons. The smallest absolute Gasteiger partial charge is 0.411 e. The lowest BCUT2D eigenvalue weighted by Gasteiger charge is -2.09. The van der Waals surface area contributed by atoms with Crippen molar-refractivity contribution in [3.63, 3.8) is 0 Å². The van der Waals surface area contributed by atoms with Crippen molar-refractivity contribution in [1.82, 2.24) is 9.97 Å². The zero-order valence-electron chi connectivity index (χ0n) is 13.9. The van der Waals surface area contributed by atoms with Gasteiger partial charge in [-0.15, -0.1) is 0 Å². The molecular weight excluding hydrogens is 340 g/mol. The predicted octanol–water partition coefficient (Wildman–Crippen LogP) is 3.80. The maximum Gasteiger partial charge on any atom is 0.411 e. The van der Waals surface area contributed by atoms with Crippen molar-refractivity contribution in [2.45, 2.75) is 13.8 Å². The molecule has 0 aliphatic carbocycles. The number of carbonyl (C=O) groups is 2. The van der Waals surface area contributed by atoms with Gasteiger partial charge in [-0.05, 0) is 30.7 Å². The van der Waals surface area contributed by atoms with E-state index in [-0.39, 0.29) is 5.91 Å². The third kappa shape index (κ3) is 3.74. The molecule has 25 heavy (non-hydrogen) atoms. The monoisotopic (exact) mass is 356 g/mol. The molecular formula is C17H16N4O3S. The van der Waals surface area contributed by atoms with Crippen LogP contribution in [-0.4, -0.2) is 29.1 Å². The van der Waals surface area contributed by atoms with Gasteiger partial charge in [0.05, 0.1) is 28.7 Å². The van der Waals surface area contributed by atoms with Crippen LogP contribution in [0.25, 0.3) is 21.3 Å². The number of anilines is 2. The fraction of sp³-hybridized carbons (Fsp3) is 0.176. The van der Waals surface area contributed by atoms with Crippen LogP contribution >= 0.6 is 11.3 Å². The number of rotatable bonds is 3. The minimum Gasteiger partial charge on any atom is -0.453 e. The summed E-state index contributed by atoms with van der Waals surface area (Å²) in [6, 6.07) is 7.64. The van der Waals surface area contributed by atoms with E-state index in [1.54, 1.807) is 13.1 Å². The third-order valence-electron chi connectivity index (χ3n) is 3.51. The molecule has 2 N–H and O–H groups in total. The highest BCUT2D eigenvalue weighted by Gasteiger charge is 2.10. The average Bonchev–Trinajstić information content (AvgIpc) is 2.97. The van der Waals surface area contributed by atoms with Crippen LogP contribution in [0.15, 0.2) is 30.5 Å². The van der Waals surface area contributed by atoms with Gasteiger partial charge >= 0.3 is 6.09 Å². The number of fused-ring (bicyclic) bond motifs is 1. The second kappa shape index (κ2) is 6.86. The molecule has 3 aromatic rings. The van der Waals surface area contributed by atoms with Crippen LogP contribution in [0.4, 0.5) is 15.6 Å². The van der Waals surface area contributed by atoms with Gasteiger partial charge in [-0.1, -0.05) is 17.4 Å². The first-order chi connectivity index (χ1) is 12.0. The van der Waals surface area contributed by atoms with Crippen molar-refractivity contribution in [3.05, 3.63) is 36.2 Å². The Morgan fingerprint density at radius 2 is 1.96 bits per heavy atom. The van der Waals surface area contributed by atoms with Crippen molar-refractivity contribution < 1.29 is 14.3 Å². The molecule has 3 rings (SSSR count). The standard InChI is InChI=1S/C17H16N4O3S/c1-9-14(21-17(23)24-3)6-12(8-18-9)11-4-5-13-15(7-11)25-16(20-13)19-10(2)22/h4-8H,1-3H3,(H,21,23)(H,19,20,22). The van der Waals surface area contributed by atoms with Crippen LogP contribution < -0.4 is 10.6 Å². The quantitative estimate of drug-likeness (QED) is 0.744. The molecule has 2 heterocycles. The van der Waals surface area contributed by atoms with Crippen molar-refractivity contribution in [2.24, 2.45) is 0 Å². The zero-order chi connectivity index (χ0) is 18.0. The van der Waals surface area contributed by atoms with Gasteiger partial charge in [0.15, 0.2) is 5.13 Å².